The smallest absolute Gasteiger partial charge is 0.298 e. The average molecular weight is 230 g/mol. The normalized spacial score (nSPS) is 11.9. The summed E-state index contributed by atoms with van der Waals surface area (Å²) in [6.45, 7) is 0. The van der Waals surface area contributed by atoms with E-state index in [9.17, 15) is 18.0 Å². The van der Waals surface area contributed by atoms with E-state index in [0.717, 1.165) is 17.4 Å². The van der Waals surface area contributed by atoms with Gasteiger partial charge in [-0.25, -0.2) is 0 Å². The fourth-order valence-corrected chi connectivity index (χ4v) is 2.44. The van der Waals surface area contributed by atoms with Crippen molar-refractivity contribution < 1.29 is 18.0 Å². The number of alkyl halides is 3. The van der Waals surface area contributed by atoms with E-state index in [4.69, 9.17) is 0 Å². The molecule has 1 heterocycles. The van der Waals surface area contributed by atoms with E-state index in [1.54, 1.807) is 0 Å². The SMILES string of the molecule is O=Cc1csc2c(C(F)(F)F)cccc12. The highest BCUT2D eigenvalue weighted by Crippen LogP contribution is 2.38. The monoisotopic (exact) mass is 230 g/mol. The second-order valence-corrected chi connectivity index (χ2v) is 3.87. The van der Waals surface area contributed by atoms with Gasteiger partial charge in [-0.1, -0.05) is 12.1 Å². The minimum atomic E-state index is -4.37. The summed E-state index contributed by atoms with van der Waals surface area (Å²) < 4.78 is 37.8. The molecule has 2 aromatic rings. The predicted octanol–water partition coefficient (Wildman–Crippen LogP) is 3.73. The maximum absolute atomic E-state index is 12.5. The van der Waals surface area contributed by atoms with Gasteiger partial charge in [0.25, 0.3) is 0 Å². The molecule has 2 rings (SSSR count). The van der Waals surface area contributed by atoms with E-state index in [-0.39, 0.29) is 4.70 Å². The Morgan fingerprint density at radius 3 is 2.60 bits per heavy atom. The van der Waals surface area contributed by atoms with Gasteiger partial charge in [0.1, 0.15) is 0 Å². The average Bonchev–Trinajstić information content (AvgIpc) is 2.58. The number of halogens is 3. The summed E-state index contributed by atoms with van der Waals surface area (Å²) in [4.78, 5) is 10.6. The third-order valence-electron chi connectivity index (χ3n) is 2.06. The third-order valence-corrected chi connectivity index (χ3v) is 3.11. The molecule has 0 N–H and O–H groups in total. The van der Waals surface area contributed by atoms with Gasteiger partial charge in [-0.15, -0.1) is 11.3 Å². The Labute approximate surface area is 87.1 Å². The molecule has 5 heteroatoms. The van der Waals surface area contributed by atoms with Crippen molar-refractivity contribution in [2.45, 2.75) is 6.18 Å². The maximum atomic E-state index is 12.5. The number of hydrogen-bond acceptors (Lipinski definition) is 2. The van der Waals surface area contributed by atoms with E-state index < -0.39 is 11.7 Å². The zero-order valence-corrected chi connectivity index (χ0v) is 8.15. The first-order valence-corrected chi connectivity index (χ1v) is 4.94. The highest BCUT2D eigenvalue weighted by molar-refractivity contribution is 7.17. The van der Waals surface area contributed by atoms with Gasteiger partial charge in [0, 0.05) is 21.0 Å². The van der Waals surface area contributed by atoms with Gasteiger partial charge in [-0.05, 0) is 6.07 Å². The first-order valence-electron chi connectivity index (χ1n) is 4.06. The summed E-state index contributed by atoms with van der Waals surface area (Å²) >= 11 is 0.941. The van der Waals surface area contributed by atoms with Gasteiger partial charge in [0.15, 0.2) is 6.29 Å². The van der Waals surface area contributed by atoms with Crippen LogP contribution in [0.25, 0.3) is 10.1 Å². The zero-order chi connectivity index (χ0) is 11.1. The molecule has 0 saturated heterocycles. The van der Waals surface area contributed by atoms with Crippen LogP contribution < -0.4 is 0 Å². The van der Waals surface area contributed by atoms with E-state index in [1.807, 2.05) is 0 Å². The van der Waals surface area contributed by atoms with Crippen LogP contribution in [0.15, 0.2) is 23.6 Å². The molecule has 0 unspecified atom stereocenters. The number of rotatable bonds is 1. The lowest BCUT2D eigenvalue weighted by atomic mass is 10.1. The minimum Gasteiger partial charge on any atom is -0.298 e. The topological polar surface area (TPSA) is 17.1 Å². The second-order valence-electron chi connectivity index (χ2n) is 2.99. The van der Waals surface area contributed by atoms with Crippen LogP contribution in [0.2, 0.25) is 0 Å². The van der Waals surface area contributed by atoms with Crippen molar-refractivity contribution in [2.24, 2.45) is 0 Å². The van der Waals surface area contributed by atoms with Gasteiger partial charge in [0.05, 0.1) is 5.56 Å². The van der Waals surface area contributed by atoms with Gasteiger partial charge < -0.3 is 0 Å². The van der Waals surface area contributed by atoms with Gasteiger partial charge in [-0.2, -0.15) is 13.2 Å². The van der Waals surface area contributed by atoms with Gasteiger partial charge >= 0.3 is 6.18 Å². The first kappa shape index (κ1) is 10.2. The van der Waals surface area contributed by atoms with E-state index in [1.165, 1.54) is 17.5 Å². The van der Waals surface area contributed by atoms with Crippen molar-refractivity contribution in [2.75, 3.05) is 0 Å². The van der Waals surface area contributed by atoms with Gasteiger partial charge in [-0.3, -0.25) is 4.79 Å². The quantitative estimate of drug-likeness (QED) is 0.682. The molecule has 0 radical (unpaired) electrons. The fourth-order valence-electron chi connectivity index (χ4n) is 1.39. The van der Waals surface area contributed by atoms with E-state index in [0.29, 0.717) is 17.2 Å². The number of carbonyl (C=O) groups is 1. The lowest BCUT2D eigenvalue weighted by Gasteiger charge is -2.06. The second kappa shape index (κ2) is 3.34. The third kappa shape index (κ3) is 1.63. The van der Waals surface area contributed by atoms with Gasteiger partial charge in [0.2, 0.25) is 0 Å². The summed E-state index contributed by atoms with van der Waals surface area (Å²) in [6, 6.07) is 3.85. The summed E-state index contributed by atoms with van der Waals surface area (Å²) in [5, 5.41) is 1.80. The molecule has 0 atom stereocenters. The Morgan fingerprint density at radius 1 is 1.27 bits per heavy atom. The van der Waals surface area contributed by atoms with Crippen LogP contribution >= 0.6 is 11.3 Å². The number of carbonyl (C=O) groups excluding carboxylic acids is 1. The molecule has 0 aliphatic heterocycles. The number of benzene rings is 1. The highest BCUT2D eigenvalue weighted by Gasteiger charge is 2.33. The molecule has 1 aromatic heterocycles. The van der Waals surface area contributed by atoms with Crippen molar-refractivity contribution in [1.29, 1.82) is 0 Å². The summed E-state index contributed by atoms with van der Waals surface area (Å²) in [7, 11) is 0. The largest absolute Gasteiger partial charge is 0.417 e. The predicted molar refractivity (Wildman–Crippen MR) is 52.2 cm³/mol. The summed E-state index contributed by atoms with van der Waals surface area (Å²) in [5.74, 6) is 0. The molecule has 1 nitrogen and oxygen atoms in total. The Balaban J connectivity index is 2.78. The van der Waals surface area contributed by atoms with Crippen LogP contribution in [0.1, 0.15) is 15.9 Å². The molecule has 0 spiro atoms. The van der Waals surface area contributed by atoms with Crippen LogP contribution in [0.5, 0.6) is 0 Å². The standard InChI is InChI=1S/C10H5F3OS/c11-10(12,13)8-3-1-2-7-6(4-14)5-15-9(7)8/h1-5H. The Morgan fingerprint density at radius 2 is 2.00 bits per heavy atom. The van der Waals surface area contributed by atoms with Crippen molar-refractivity contribution in [3.05, 3.63) is 34.7 Å². The lowest BCUT2D eigenvalue weighted by molar-refractivity contribution is -0.136. The van der Waals surface area contributed by atoms with E-state index >= 15 is 0 Å². The number of aldehydes is 1. The molecule has 0 aliphatic carbocycles. The summed E-state index contributed by atoms with van der Waals surface area (Å²) in [6.07, 6.45) is -3.80. The molecule has 15 heavy (non-hydrogen) atoms. The van der Waals surface area contributed by atoms with Crippen molar-refractivity contribution >= 4 is 27.7 Å². The molecule has 78 valence electrons. The van der Waals surface area contributed by atoms with Crippen molar-refractivity contribution in [3.63, 3.8) is 0 Å². The number of thiophene rings is 1. The molecule has 0 amide bonds. The molecule has 0 saturated carbocycles. The summed E-state index contributed by atoms with van der Waals surface area (Å²) in [5.41, 5.74) is -0.376. The minimum absolute atomic E-state index is 0.118. The van der Waals surface area contributed by atoms with Crippen LogP contribution in [-0.4, -0.2) is 6.29 Å². The van der Waals surface area contributed by atoms with Crippen LogP contribution in [0.4, 0.5) is 13.2 Å². The molecule has 1 aromatic carbocycles. The zero-order valence-electron chi connectivity index (χ0n) is 7.34. The molecule has 0 bridgehead atoms. The first-order chi connectivity index (χ1) is 7.04. The Kier molecular flexibility index (Phi) is 2.26. The fraction of sp³-hybridized carbons (Fsp3) is 0.100. The van der Waals surface area contributed by atoms with Crippen LogP contribution in [-0.2, 0) is 6.18 Å². The Bertz CT molecular complexity index is 513. The lowest BCUT2D eigenvalue weighted by Crippen LogP contribution is -2.04. The van der Waals surface area contributed by atoms with Crippen LogP contribution in [0, 0.1) is 0 Å². The van der Waals surface area contributed by atoms with Crippen molar-refractivity contribution in [1.82, 2.24) is 0 Å². The Hall–Kier alpha value is -1.36. The molecule has 0 aliphatic rings. The maximum Gasteiger partial charge on any atom is 0.417 e. The van der Waals surface area contributed by atoms with Crippen LogP contribution in [0.3, 0.4) is 0 Å². The molecular weight excluding hydrogens is 225 g/mol. The highest BCUT2D eigenvalue weighted by atomic mass is 32.1. The number of fused-ring (bicyclic) bond motifs is 1. The number of hydrogen-bond donors (Lipinski definition) is 0. The van der Waals surface area contributed by atoms with E-state index in [2.05, 4.69) is 0 Å². The molecule has 0 fully saturated rings. The molecular formula is C10H5F3OS. The van der Waals surface area contributed by atoms with Crippen molar-refractivity contribution in [3.8, 4) is 0 Å².